The highest BCUT2D eigenvalue weighted by atomic mass is 16.7. The van der Waals surface area contributed by atoms with Gasteiger partial charge in [-0.05, 0) is 37.6 Å². The average molecular weight is 276 g/mol. The summed E-state index contributed by atoms with van der Waals surface area (Å²) < 4.78 is 10.7. The molecule has 1 aliphatic carbocycles. The molecule has 0 amide bonds. The van der Waals surface area contributed by atoms with Crippen molar-refractivity contribution in [3.63, 3.8) is 0 Å². The van der Waals surface area contributed by atoms with E-state index in [1.165, 1.54) is 31.2 Å². The standard InChI is InChI=1S/C16H24N2O2/c1-18(14-4-2-3-5-14)9-8-17-11-13-6-7-15-16(10-13)20-12-19-15/h6-7,10,14,17H,2-5,8-9,11-12H2,1H3. The maximum atomic E-state index is 5.39. The van der Waals surface area contributed by atoms with Crippen LogP contribution in [-0.2, 0) is 6.54 Å². The van der Waals surface area contributed by atoms with Crippen molar-refractivity contribution in [3.05, 3.63) is 23.8 Å². The van der Waals surface area contributed by atoms with Crippen molar-refractivity contribution in [1.29, 1.82) is 0 Å². The van der Waals surface area contributed by atoms with Crippen molar-refractivity contribution < 1.29 is 9.47 Å². The summed E-state index contributed by atoms with van der Waals surface area (Å²) in [6, 6.07) is 6.96. The molecule has 1 aliphatic heterocycles. The van der Waals surface area contributed by atoms with Crippen LogP contribution in [0.15, 0.2) is 18.2 Å². The average Bonchev–Trinajstić information content (AvgIpc) is 3.13. The third-order valence-electron chi connectivity index (χ3n) is 4.36. The summed E-state index contributed by atoms with van der Waals surface area (Å²) in [5, 5.41) is 3.51. The smallest absolute Gasteiger partial charge is 0.231 e. The lowest BCUT2D eigenvalue weighted by molar-refractivity contribution is 0.174. The highest BCUT2D eigenvalue weighted by molar-refractivity contribution is 5.44. The maximum Gasteiger partial charge on any atom is 0.231 e. The first-order valence-electron chi connectivity index (χ1n) is 7.62. The normalized spacial score (nSPS) is 18.1. The Balaban J connectivity index is 1.39. The molecule has 1 N–H and O–H groups in total. The topological polar surface area (TPSA) is 33.7 Å². The van der Waals surface area contributed by atoms with Crippen molar-refractivity contribution in [1.82, 2.24) is 10.2 Å². The zero-order valence-electron chi connectivity index (χ0n) is 12.2. The van der Waals surface area contributed by atoms with Crippen LogP contribution in [0.1, 0.15) is 31.2 Å². The monoisotopic (exact) mass is 276 g/mol. The number of hydrogen-bond acceptors (Lipinski definition) is 4. The maximum absolute atomic E-state index is 5.39. The van der Waals surface area contributed by atoms with Gasteiger partial charge in [-0.3, -0.25) is 0 Å². The number of nitrogens with one attached hydrogen (secondary N) is 1. The van der Waals surface area contributed by atoms with E-state index < -0.39 is 0 Å². The molecular formula is C16H24N2O2. The molecule has 1 aromatic rings. The van der Waals surface area contributed by atoms with E-state index in [2.05, 4.69) is 29.4 Å². The lowest BCUT2D eigenvalue weighted by Gasteiger charge is -2.24. The van der Waals surface area contributed by atoms with E-state index in [0.717, 1.165) is 37.2 Å². The Kier molecular flexibility index (Phi) is 4.43. The number of ether oxygens (including phenoxy) is 2. The molecule has 4 heteroatoms. The first kappa shape index (κ1) is 13.7. The molecule has 0 atom stereocenters. The number of benzene rings is 1. The predicted molar refractivity (Wildman–Crippen MR) is 79.2 cm³/mol. The second-order valence-corrected chi connectivity index (χ2v) is 5.78. The lowest BCUT2D eigenvalue weighted by atomic mass is 10.2. The Bertz CT molecular complexity index is 444. The van der Waals surface area contributed by atoms with Crippen molar-refractivity contribution in [3.8, 4) is 11.5 Å². The van der Waals surface area contributed by atoms with Crippen molar-refractivity contribution >= 4 is 0 Å². The van der Waals surface area contributed by atoms with Gasteiger partial charge in [-0.15, -0.1) is 0 Å². The summed E-state index contributed by atoms with van der Waals surface area (Å²) in [6.07, 6.45) is 5.55. The van der Waals surface area contributed by atoms with Gasteiger partial charge in [0.2, 0.25) is 6.79 Å². The fourth-order valence-electron chi connectivity index (χ4n) is 3.07. The SMILES string of the molecule is CN(CCNCc1ccc2c(c1)OCO2)C1CCCC1. The van der Waals surface area contributed by atoms with Crippen LogP contribution in [0, 0.1) is 0 Å². The summed E-state index contributed by atoms with van der Waals surface area (Å²) >= 11 is 0. The van der Waals surface area contributed by atoms with E-state index in [1.54, 1.807) is 0 Å². The van der Waals surface area contributed by atoms with E-state index in [-0.39, 0.29) is 0 Å². The van der Waals surface area contributed by atoms with Crippen molar-refractivity contribution in [2.45, 2.75) is 38.3 Å². The molecule has 0 unspecified atom stereocenters. The minimum atomic E-state index is 0.346. The van der Waals surface area contributed by atoms with Gasteiger partial charge < -0.3 is 19.7 Å². The minimum Gasteiger partial charge on any atom is -0.454 e. The van der Waals surface area contributed by atoms with E-state index in [9.17, 15) is 0 Å². The Morgan fingerprint density at radius 1 is 1.20 bits per heavy atom. The van der Waals surface area contributed by atoms with Gasteiger partial charge in [-0.2, -0.15) is 0 Å². The highest BCUT2D eigenvalue weighted by Gasteiger charge is 2.18. The second kappa shape index (κ2) is 6.46. The van der Waals surface area contributed by atoms with Crippen LogP contribution in [0.5, 0.6) is 11.5 Å². The zero-order chi connectivity index (χ0) is 13.8. The molecule has 1 aromatic carbocycles. The Morgan fingerprint density at radius 3 is 2.85 bits per heavy atom. The molecule has 3 rings (SSSR count). The van der Waals surface area contributed by atoms with E-state index in [0.29, 0.717) is 6.79 Å². The summed E-state index contributed by atoms with van der Waals surface area (Å²) in [6.45, 7) is 3.38. The fourth-order valence-corrected chi connectivity index (χ4v) is 3.07. The van der Waals surface area contributed by atoms with Gasteiger partial charge in [0.25, 0.3) is 0 Å². The summed E-state index contributed by atoms with van der Waals surface area (Å²) in [5.41, 5.74) is 1.25. The Hall–Kier alpha value is -1.26. The number of hydrogen-bond donors (Lipinski definition) is 1. The van der Waals surface area contributed by atoms with Gasteiger partial charge in [0.05, 0.1) is 0 Å². The Labute approximate surface area is 121 Å². The largest absolute Gasteiger partial charge is 0.454 e. The van der Waals surface area contributed by atoms with Crippen LogP contribution >= 0.6 is 0 Å². The van der Waals surface area contributed by atoms with Gasteiger partial charge >= 0.3 is 0 Å². The van der Waals surface area contributed by atoms with E-state index in [1.807, 2.05) is 6.07 Å². The number of nitrogens with zero attached hydrogens (tertiary/aromatic N) is 1. The lowest BCUT2D eigenvalue weighted by Crippen LogP contribution is -2.35. The number of likely N-dealkylation sites (N-methyl/N-ethyl adjacent to an activating group) is 1. The molecule has 4 nitrogen and oxygen atoms in total. The molecule has 0 aromatic heterocycles. The predicted octanol–water partition coefficient (Wildman–Crippen LogP) is 2.38. The molecule has 0 spiro atoms. The molecule has 20 heavy (non-hydrogen) atoms. The molecule has 110 valence electrons. The van der Waals surface area contributed by atoms with Crippen LogP contribution < -0.4 is 14.8 Å². The minimum absolute atomic E-state index is 0.346. The molecule has 0 bridgehead atoms. The molecule has 0 saturated heterocycles. The van der Waals surface area contributed by atoms with Crippen LogP contribution in [-0.4, -0.2) is 37.9 Å². The summed E-state index contributed by atoms with van der Waals surface area (Å²) in [4.78, 5) is 2.50. The van der Waals surface area contributed by atoms with E-state index >= 15 is 0 Å². The third-order valence-corrected chi connectivity index (χ3v) is 4.36. The second-order valence-electron chi connectivity index (χ2n) is 5.78. The van der Waals surface area contributed by atoms with Crippen LogP contribution in [0.25, 0.3) is 0 Å². The Morgan fingerprint density at radius 2 is 2.00 bits per heavy atom. The van der Waals surface area contributed by atoms with Crippen LogP contribution in [0.3, 0.4) is 0 Å². The highest BCUT2D eigenvalue weighted by Crippen LogP contribution is 2.32. The molecule has 2 aliphatic rings. The molecule has 1 heterocycles. The number of fused-ring (bicyclic) bond motifs is 1. The van der Waals surface area contributed by atoms with Crippen molar-refractivity contribution in [2.75, 3.05) is 26.9 Å². The first-order chi connectivity index (χ1) is 9.83. The first-order valence-corrected chi connectivity index (χ1v) is 7.62. The quantitative estimate of drug-likeness (QED) is 0.809. The van der Waals surface area contributed by atoms with Crippen LogP contribution in [0.4, 0.5) is 0 Å². The van der Waals surface area contributed by atoms with Gasteiger partial charge in [0, 0.05) is 25.7 Å². The van der Waals surface area contributed by atoms with Gasteiger partial charge in [-0.1, -0.05) is 18.9 Å². The summed E-state index contributed by atoms with van der Waals surface area (Å²) in [7, 11) is 2.25. The zero-order valence-corrected chi connectivity index (χ0v) is 12.2. The molecule has 0 radical (unpaired) electrons. The van der Waals surface area contributed by atoms with E-state index in [4.69, 9.17) is 9.47 Å². The fraction of sp³-hybridized carbons (Fsp3) is 0.625. The number of rotatable bonds is 6. The molecular weight excluding hydrogens is 252 g/mol. The van der Waals surface area contributed by atoms with Crippen molar-refractivity contribution in [2.24, 2.45) is 0 Å². The van der Waals surface area contributed by atoms with Gasteiger partial charge in [0.15, 0.2) is 11.5 Å². The van der Waals surface area contributed by atoms with Gasteiger partial charge in [-0.25, -0.2) is 0 Å². The third kappa shape index (κ3) is 3.25. The van der Waals surface area contributed by atoms with Gasteiger partial charge in [0.1, 0.15) is 0 Å². The molecule has 1 fully saturated rings. The summed E-state index contributed by atoms with van der Waals surface area (Å²) in [5.74, 6) is 1.72. The van der Waals surface area contributed by atoms with Crippen LogP contribution in [0.2, 0.25) is 0 Å². The molecule has 1 saturated carbocycles.